The SMILES string of the molecule is O=C(COC(=O)COc1ccc([N+](=O)[O-])cc1)Nc1cc(Cl)cc(Cl)c1. The first-order valence-electron chi connectivity index (χ1n) is 7.12. The molecule has 0 radical (unpaired) electrons. The van der Waals surface area contributed by atoms with Crippen molar-refractivity contribution in [2.24, 2.45) is 0 Å². The fourth-order valence-corrected chi connectivity index (χ4v) is 2.34. The van der Waals surface area contributed by atoms with Crippen molar-refractivity contribution in [3.05, 3.63) is 62.6 Å². The van der Waals surface area contributed by atoms with Crippen LogP contribution in [0.2, 0.25) is 10.0 Å². The molecule has 136 valence electrons. The molecule has 2 rings (SSSR count). The molecule has 0 saturated carbocycles. The van der Waals surface area contributed by atoms with Gasteiger partial charge in [-0.25, -0.2) is 4.79 Å². The molecule has 0 spiro atoms. The quantitative estimate of drug-likeness (QED) is 0.434. The predicted octanol–water partition coefficient (Wildman–Crippen LogP) is 3.46. The molecule has 0 unspecified atom stereocenters. The summed E-state index contributed by atoms with van der Waals surface area (Å²) in [5, 5.41) is 13.7. The van der Waals surface area contributed by atoms with Gasteiger partial charge >= 0.3 is 5.97 Å². The predicted molar refractivity (Wildman–Crippen MR) is 94.6 cm³/mol. The van der Waals surface area contributed by atoms with Gasteiger partial charge in [-0.05, 0) is 30.3 Å². The van der Waals surface area contributed by atoms with Crippen molar-refractivity contribution in [1.29, 1.82) is 0 Å². The maximum absolute atomic E-state index is 11.7. The Morgan fingerprint density at radius 2 is 1.65 bits per heavy atom. The fraction of sp³-hybridized carbons (Fsp3) is 0.125. The van der Waals surface area contributed by atoms with Crippen molar-refractivity contribution in [2.75, 3.05) is 18.5 Å². The van der Waals surface area contributed by atoms with Gasteiger partial charge in [-0.2, -0.15) is 0 Å². The molecule has 26 heavy (non-hydrogen) atoms. The molecule has 2 aromatic carbocycles. The van der Waals surface area contributed by atoms with Crippen LogP contribution in [0.5, 0.6) is 5.75 Å². The number of hydrogen-bond acceptors (Lipinski definition) is 6. The van der Waals surface area contributed by atoms with Crippen LogP contribution in [0.3, 0.4) is 0 Å². The number of carbonyl (C=O) groups excluding carboxylic acids is 2. The Hall–Kier alpha value is -2.84. The van der Waals surface area contributed by atoms with E-state index in [4.69, 9.17) is 32.7 Å². The van der Waals surface area contributed by atoms with Gasteiger partial charge in [0, 0.05) is 27.9 Å². The highest BCUT2D eigenvalue weighted by molar-refractivity contribution is 6.35. The average Bonchev–Trinajstić information content (AvgIpc) is 2.57. The number of halogens is 2. The Morgan fingerprint density at radius 1 is 1.04 bits per heavy atom. The van der Waals surface area contributed by atoms with Gasteiger partial charge in [0.1, 0.15) is 5.75 Å². The number of nitro groups is 1. The largest absolute Gasteiger partial charge is 0.482 e. The first kappa shape index (κ1) is 19.5. The number of carbonyl (C=O) groups is 2. The summed E-state index contributed by atoms with van der Waals surface area (Å²) in [6.45, 7) is -0.972. The van der Waals surface area contributed by atoms with Crippen LogP contribution < -0.4 is 10.1 Å². The van der Waals surface area contributed by atoms with E-state index in [0.717, 1.165) is 0 Å². The molecular formula is C16H12Cl2N2O6. The lowest BCUT2D eigenvalue weighted by atomic mass is 10.3. The second kappa shape index (κ2) is 9.02. The van der Waals surface area contributed by atoms with Crippen molar-refractivity contribution in [2.45, 2.75) is 0 Å². The summed E-state index contributed by atoms with van der Waals surface area (Å²) in [5.74, 6) is -1.10. The van der Waals surface area contributed by atoms with Gasteiger partial charge in [-0.3, -0.25) is 14.9 Å². The molecule has 1 amide bonds. The number of nitrogens with zero attached hydrogens (tertiary/aromatic N) is 1. The summed E-state index contributed by atoms with van der Waals surface area (Å²) in [4.78, 5) is 33.3. The molecule has 0 aliphatic carbocycles. The highest BCUT2D eigenvalue weighted by Gasteiger charge is 2.10. The van der Waals surface area contributed by atoms with Crippen molar-refractivity contribution in [3.8, 4) is 5.75 Å². The van der Waals surface area contributed by atoms with Gasteiger partial charge in [-0.1, -0.05) is 23.2 Å². The lowest BCUT2D eigenvalue weighted by molar-refractivity contribution is -0.384. The smallest absolute Gasteiger partial charge is 0.344 e. The zero-order chi connectivity index (χ0) is 19.1. The van der Waals surface area contributed by atoms with Crippen LogP contribution in [-0.2, 0) is 14.3 Å². The van der Waals surface area contributed by atoms with Crippen LogP contribution in [0.4, 0.5) is 11.4 Å². The van der Waals surface area contributed by atoms with E-state index in [9.17, 15) is 19.7 Å². The van der Waals surface area contributed by atoms with Crippen molar-refractivity contribution >= 4 is 46.5 Å². The van der Waals surface area contributed by atoms with E-state index in [-0.39, 0.29) is 11.4 Å². The van der Waals surface area contributed by atoms with Crippen LogP contribution in [0.25, 0.3) is 0 Å². The molecule has 0 heterocycles. The highest BCUT2D eigenvalue weighted by Crippen LogP contribution is 2.22. The Morgan fingerprint density at radius 3 is 2.23 bits per heavy atom. The van der Waals surface area contributed by atoms with Gasteiger partial charge in [-0.15, -0.1) is 0 Å². The monoisotopic (exact) mass is 398 g/mol. The molecule has 0 aliphatic heterocycles. The summed E-state index contributed by atoms with van der Waals surface area (Å²) >= 11 is 11.6. The van der Waals surface area contributed by atoms with Gasteiger partial charge in [0.25, 0.3) is 11.6 Å². The number of benzene rings is 2. The second-order valence-corrected chi connectivity index (χ2v) is 5.78. The van der Waals surface area contributed by atoms with Crippen LogP contribution >= 0.6 is 23.2 Å². The number of nitrogens with one attached hydrogen (secondary N) is 1. The molecule has 0 atom stereocenters. The molecule has 1 N–H and O–H groups in total. The van der Waals surface area contributed by atoms with E-state index in [1.807, 2.05) is 0 Å². The number of hydrogen-bond donors (Lipinski definition) is 1. The lowest BCUT2D eigenvalue weighted by Crippen LogP contribution is -2.23. The highest BCUT2D eigenvalue weighted by atomic mass is 35.5. The van der Waals surface area contributed by atoms with Crippen molar-refractivity contribution < 1.29 is 24.0 Å². The van der Waals surface area contributed by atoms with E-state index in [0.29, 0.717) is 15.7 Å². The third kappa shape index (κ3) is 6.23. The van der Waals surface area contributed by atoms with E-state index in [1.54, 1.807) is 0 Å². The van der Waals surface area contributed by atoms with E-state index in [2.05, 4.69) is 5.32 Å². The van der Waals surface area contributed by atoms with Crippen LogP contribution in [0.1, 0.15) is 0 Å². The molecule has 0 aromatic heterocycles. The summed E-state index contributed by atoms with van der Waals surface area (Å²) in [6, 6.07) is 9.67. The number of anilines is 1. The van der Waals surface area contributed by atoms with Gasteiger partial charge in [0.05, 0.1) is 4.92 Å². The van der Waals surface area contributed by atoms with E-state index >= 15 is 0 Å². The standard InChI is InChI=1S/C16H12Cl2N2O6/c17-10-5-11(18)7-12(6-10)19-15(21)8-26-16(22)9-25-14-3-1-13(2-4-14)20(23)24/h1-7H,8-9H2,(H,19,21). The molecule has 10 heteroatoms. The number of nitro benzene ring substituents is 1. The van der Waals surface area contributed by atoms with Crippen molar-refractivity contribution in [1.82, 2.24) is 0 Å². The molecular weight excluding hydrogens is 387 g/mol. The van der Waals surface area contributed by atoms with E-state index < -0.39 is 30.0 Å². The lowest BCUT2D eigenvalue weighted by Gasteiger charge is -2.08. The maximum Gasteiger partial charge on any atom is 0.344 e. The zero-order valence-corrected chi connectivity index (χ0v) is 14.6. The molecule has 0 saturated heterocycles. The van der Waals surface area contributed by atoms with Crippen LogP contribution in [0, 0.1) is 10.1 Å². The van der Waals surface area contributed by atoms with E-state index in [1.165, 1.54) is 42.5 Å². The van der Waals surface area contributed by atoms with Gasteiger partial charge < -0.3 is 14.8 Å². The molecule has 0 bridgehead atoms. The van der Waals surface area contributed by atoms with Crippen LogP contribution in [0.15, 0.2) is 42.5 Å². The number of non-ortho nitro benzene ring substituents is 1. The molecule has 0 aliphatic rings. The third-order valence-electron chi connectivity index (χ3n) is 2.91. The molecule has 8 nitrogen and oxygen atoms in total. The second-order valence-electron chi connectivity index (χ2n) is 4.91. The van der Waals surface area contributed by atoms with Crippen LogP contribution in [-0.4, -0.2) is 30.0 Å². The molecule has 0 fully saturated rings. The Bertz CT molecular complexity index is 806. The first-order valence-corrected chi connectivity index (χ1v) is 7.88. The average molecular weight is 399 g/mol. The number of rotatable bonds is 7. The number of esters is 1. The normalized spacial score (nSPS) is 10.1. The Balaban J connectivity index is 1.75. The van der Waals surface area contributed by atoms with Gasteiger partial charge in [0.2, 0.25) is 0 Å². The third-order valence-corrected chi connectivity index (χ3v) is 3.35. The summed E-state index contributed by atoms with van der Waals surface area (Å²) in [6.07, 6.45) is 0. The minimum atomic E-state index is -0.775. The molecule has 2 aromatic rings. The zero-order valence-electron chi connectivity index (χ0n) is 13.1. The first-order chi connectivity index (χ1) is 12.3. The summed E-state index contributed by atoms with van der Waals surface area (Å²) in [5.41, 5.74) is 0.267. The Kier molecular flexibility index (Phi) is 6.76. The minimum absolute atomic E-state index is 0.0993. The van der Waals surface area contributed by atoms with Gasteiger partial charge in [0.15, 0.2) is 13.2 Å². The summed E-state index contributed by atoms with van der Waals surface area (Å²) in [7, 11) is 0. The number of amides is 1. The number of ether oxygens (including phenoxy) is 2. The minimum Gasteiger partial charge on any atom is -0.482 e. The maximum atomic E-state index is 11.7. The summed E-state index contributed by atoms with van der Waals surface area (Å²) < 4.78 is 9.89. The van der Waals surface area contributed by atoms with Crippen molar-refractivity contribution in [3.63, 3.8) is 0 Å². The topological polar surface area (TPSA) is 108 Å². The fourth-order valence-electron chi connectivity index (χ4n) is 1.82. The Labute approximate surface area is 157 Å².